The van der Waals surface area contributed by atoms with Gasteiger partial charge in [-0.05, 0) is 24.2 Å². The maximum absolute atomic E-state index is 4.13. The van der Waals surface area contributed by atoms with Gasteiger partial charge in [0.1, 0.15) is 0 Å². The molecule has 0 saturated carbocycles. The normalized spacial score (nSPS) is 15.6. The van der Waals surface area contributed by atoms with E-state index < -0.39 is 0 Å². The summed E-state index contributed by atoms with van der Waals surface area (Å²) in [6, 6.07) is 0.642. The smallest absolute Gasteiger partial charge is 0.0919 e. The molecule has 0 spiro atoms. The summed E-state index contributed by atoms with van der Waals surface area (Å²) in [5.74, 6) is 0.893. The molecule has 0 rings (SSSR count). The lowest BCUT2D eigenvalue weighted by Crippen LogP contribution is -2.48. The van der Waals surface area contributed by atoms with Crippen molar-refractivity contribution < 1.29 is 0 Å². The monoisotopic (exact) mass is 266 g/mol. The number of hydrogen-bond acceptors (Lipinski definition) is 2. The molecule has 0 aromatic carbocycles. The van der Waals surface area contributed by atoms with Crippen LogP contribution in [0.25, 0.3) is 0 Å². The van der Waals surface area contributed by atoms with Crippen LogP contribution in [-0.4, -0.2) is 12.1 Å². The summed E-state index contributed by atoms with van der Waals surface area (Å²) in [5, 5.41) is 7.01. The Labute approximate surface area is 120 Å². The predicted octanol–water partition coefficient (Wildman–Crippen LogP) is 4.45. The topological polar surface area (TPSA) is 24.1 Å². The van der Waals surface area contributed by atoms with E-state index in [-0.39, 0.29) is 16.9 Å². The van der Waals surface area contributed by atoms with E-state index in [4.69, 9.17) is 0 Å². The first-order chi connectivity index (χ1) is 8.39. The van der Waals surface area contributed by atoms with Crippen molar-refractivity contribution in [3.63, 3.8) is 0 Å². The van der Waals surface area contributed by atoms with Crippen LogP contribution in [0.5, 0.6) is 0 Å². The fourth-order valence-electron chi connectivity index (χ4n) is 2.44. The molecule has 0 aliphatic carbocycles. The lowest BCUT2D eigenvalue weighted by atomic mass is 9.83. The third kappa shape index (κ3) is 6.17. The zero-order valence-electron chi connectivity index (χ0n) is 14.3. The van der Waals surface area contributed by atoms with Gasteiger partial charge >= 0.3 is 0 Å². The summed E-state index contributed by atoms with van der Waals surface area (Å²) in [5.41, 5.74) is 1.49. The molecule has 2 atom stereocenters. The van der Waals surface area contributed by atoms with Crippen LogP contribution in [0, 0.1) is 10.8 Å². The number of hydrogen-bond donors (Lipinski definition) is 2. The van der Waals surface area contributed by atoms with Crippen LogP contribution in [0.1, 0.15) is 61.8 Å². The van der Waals surface area contributed by atoms with E-state index >= 15 is 0 Å². The molecule has 2 heteroatoms. The van der Waals surface area contributed by atoms with Crippen molar-refractivity contribution in [2.75, 3.05) is 0 Å². The van der Waals surface area contributed by atoms with E-state index in [1.165, 1.54) is 0 Å². The molecular weight excluding hydrogens is 232 g/mol. The molecule has 19 heavy (non-hydrogen) atoms. The van der Waals surface area contributed by atoms with Gasteiger partial charge < -0.3 is 10.6 Å². The zero-order valence-corrected chi connectivity index (χ0v) is 14.3. The highest BCUT2D eigenvalue weighted by Gasteiger charge is 2.27. The van der Waals surface area contributed by atoms with Gasteiger partial charge in [-0.25, -0.2) is 0 Å². The molecule has 0 saturated heterocycles. The first-order valence-electron chi connectivity index (χ1n) is 7.27. The van der Waals surface area contributed by atoms with E-state index in [9.17, 15) is 0 Å². The minimum atomic E-state index is 0.125. The summed E-state index contributed by atoms with van der Waals surface area (Å²) in [7, 11) is 0. The Kier molecular flexibility index (Phi) is 6.18. The highest BCUT2D eigenvalue weighted by atomic mass is 15.1. The third-order valence-corrected chi connectivity index (χ3v) is 3.48. The Morgan fingerprint density at radius 2 is 1.42 bits per heavy atom. The van der Waals surface area contributed by atoms with Gasteiger partial charge in [-0.1, -0.05) is 67.2 Å². The average Bonchev–Trinajstić information content (AvgIpc) is 2.18. The molecule has 0 aliphatic rings. The van der Waals surface area contributed by atoms with Crippen LogP contribution in [0.4, 0.5) is 0 Å². The van der Waals surface area contributed by atoms with Crippen molar-refractivity contribution in [3.05, 3.63) is 24.6 Å². The van der Waals surface area contributed by atoms with Gasteiger partial charge in [-0.15, -0.1) is 0 Å². The van der Waals surface area contributed by atoms with Crippen molar-refractivity contribution in [2.45, 2.75) is 73.9 Å². The Bertz CT molecular complexity index is 315. The second-order valence-corrected chi connectivity index (χ2v) is 7.74. The standard InChI is InChI=1S/C17H34N2/c1-11-14(16(5,6)7)18-13(4)19-15(12(2)3)17(8,9)10/h14-15,18-19H,2,4,11H2,1,3,5-10H3. The summed E-state index contributed by atoms with van der Waals surface area (Å²) in [6.07, 6.45) is 1.08. The summed E-state index contributed by atoms with van der Waals surface area (Å²) >= 11 is 0. The minimum Gasteiger partial charge on any atom is -0.369 e. The Balaban J connectivity index is 4.73. The SMILES string of the molecule is C=C(NC(CC)C(C)(C)C)NC(C(=C)C)C(C)(C)C. The summed E-state index contributed by atoms with van der Waals surface area (Å²) < 4.78 is 0. The largest absolute Gasteiger partial charge is 0.369 e. The fourth-order valence-corrected chi connectivity index (χ4v) is 2.44. The zero-order chi connectivity index (χ0) is 15.4. The van der Waals surface area contributed by atoms with Gasteiger partial charge in [0, 0.05) is 6.04 Å². The molecule has 2 nitrogen and oxygen atoms in total. The molecule has 0 heterocycles. The molecule has 0 aromatic rings. The van der Waals surface area contributed by atoms with Crippen molar-refractivity contribution in [1.29, 1.82) is 0 Å². The number of rotatable bonds is 6. The Morgan fingerprint density at radius 3 is 1.68 bits per heavy atom. The third-order valence-electron chi connectivity index (χ3n) is 3.48. The molecule has 112 valence electrons. The van der Waals surface area contributed by atoms with Crippen LogP contribution >= 0.6 is 0 Å². The molecule has 0 radical (unpaired) electrons. The summed E-state index contributed by atoms with van der Waals surface area (Å²) in [4.78, 5) is 0. The van der Waals surface area contributed by atoms with Crippen molar-refractivity contribution in [1.82, 2.24) is 10.6 Å². The van der Waals surface area contributed by atoms with Gasteiger partial charge in [-0.3, -0.25) is 0 Å². The van der Waals surface area contributed by atoms with Crippen LogP contribution in [0.2, 0.25) is 0 Å². The first kappa shape index (κ1) is 18.1. The average molecular weight is 266 g/mol. The molecular formula is C17H34N2. The van der Waals surface area contributed by atoms with Crippen molar-refractivity contribution >= 4 is 0 Å². The molecule has 0 amide bonds. The van der Waals surface area contributed by atoms with Gasteiger partial charge in [0.15, 0.2) is 0 Å². The highest BCUT2D eigenvalue weighted by molar-refractivity contribution is 5.11. The van der Waals surface area contributed by atoms with Crippen LogP contribution in [0.15, 0.2) is 24.6 Å². The maximum Gasteiger partial charge on any atom is 0.0919 e. The molecule has 0 aliphatic heterocycles. The summed E-state index contributed by atoms with van der Waals surface area (Å²) in [6.45, 7) is 25.9. The van der Waals surface area contributed by atoms with Gasteiger partial charge in [-0.2, -0.15) is 0 Å². The highest BCUT2D eigenvalue weighted by Crippen LogP contribution is 2.26. The lowest BCUT2D eigenvalue weighted by molar-refractivity contribution is 0.259. The van der Waals surface area contributed by atoms with Crippen LogP contribution < -0.4 is 10.6 Å². The van der Waals surface area contributed by atoms with E-state index in [0.717, 1.165) is 17.8 Å². The van der Waals surface area contributed by atoms with E-state index in [1.54, 1.807) is 0 Å². The van der Waals surface area contributed by atoms with E-state index in [1.807, 2.05) is 0 Å². The molecule has 0 aromatic heterocycles. The number of nitrogens with one attached hydrogen (secondary N) is 2. The molecule has 2 N–H and O–H groups in total. The lowest BCUT2D eigenvalue weighted by Gasteiger charge is -2.37. The van der Waals surface area contributed by atoms with Gasteiger partial charge in [0.25, 0.3) is 0 Å². The van der Waals surface area contributed by atoms with Gasteiger partial charge in [0.05, 0.1) is 11.9 Å². The Hall–Kier alpha value is -0.920. The van der Waals surface area contributed by atoms with Gasteiger partial charge in [0.2, 0.25) is 0 Å². The van der Waals surface area contributed by atoms with Crippen molar-refractivity contribution in [3.8, 4) is 0 Å². The van der Waals surface area contributed by atoms with Crippen LogP contribution in [-0.2, 0) is 0 Å². The second-order valence-electron chi connectivity index (χ2n) is 7.74. The minimum absolute atomic E-state index is 0.125. The van der Waals surface area contributed by atoms with Crippen LogP contribution in [0.3, 0.4) is 0 Å². The second kappa shape index (κ2) is 6.49. The van der Waals surface area contributed by atoms with E-state index in [2.05, 4.69) is 79.2 Å². The quantitative estimate of drug-likeness (QED) is 0.694. The fraction of sp³-hybridized carbons (Fsp3) is 0.765. The van der Waals surface area contributed by atoms with Crippen molar-refractivity contribution in [2.24, 2.45) is 10.8 Å². The molecule has 2 unspecified atom stereocenters. The Morgan fingerprint density at radius 1 is 0.947 bits per heavy atom. The predicted molar refractivity (Wildman–Crippen MR) is 87.0 cm³/mol. The molecule has 0 bridgehead atoms. The van der Waals surface area contributed by atoms with E-state index in [0.29, 0.717) is 6.04 Å². The maximum atomic E-state index is 4.13. The first-order valence-corrected chi connectivity index (χ1v) is 7.27. The molecule has 0 fully saturated rings.